The van der Waals surface area contributed by atoms with Crippen LogP contribution in [-0.4, -0.2) is 0 Å². The van der Waals surface area contributed by atoms with Crippen molar-refractivity contribution in [2.24, 2.45) is 0 Å². The first-order valence-corrected chi connectivity index (χ1v) is 6.56. The summed E-state index contributed by atoms with van der Waals surface area (Å²) in [6, 6.07) is 14.2. The average molecular weight is 311 g/mol. The largest absolute Gasteiger partial charge is 0.381 e. The van der Waals surface area contributed by atoms with E-state index in [0.717, 1.165) is 21.7 Å². The molecule has 1 N–H and O–H groups in total. The number of aryl methyl sites for hydroxylation is 1. The van der Waals surface area contributed by atoms with E-state index in [1.54, 1.807) is 0 Å². The molecule has 17 heavy (non-hydrogen) atoms. The molecule has 3 heteroatoms. The minimum Gasteiger partial charge on any atom is -0.381 e. The highest BCUT2D eigenvalue weighted by Gasteiger charge is 1.97. The Morgan fingerprint density at radius 1 is 1.12 bits per heavy atom. The molecule has 0 aliphatic rings. The summed E-state index contributed by atoms with van der Waals surface area (Å²) in [5.41, 5.74) is 3.57. The molecule has 0 aliphatic carbocycles. The van der Waals surface area contributed by atoms with Gasteiger partial charge in [0.15, 0.2) is 0 Å². The van der Waals surface area contributed by atoms with Crippen molar-refractivity contribution in [3.63, 3.8) is 0 Å². The molecule has 0 unspecified atom stereocenters. The second-order valence-electron chi connectivity index (χ2n) is 4.00. The van der Waals surface area contributed by atoms with Crippen molar-refractivity contribution in [3.8, 4) is 0 Å². The number of hydrogen-bond donors (Lipinski definition) is 1. The molecule has 1 nitrogen and oxygen atoms in total. The van der Waals surface area contributed by atoms with E-state index in [-0.39, 0.29) is 0 Å². The highest BCUT2D eigenvalue weighted by atomic mass is 79.9. The van der Waals surface area contributed by atoms with Crippen molar-refractivity contribution in [2.45, 2.75) is 13.5 Å². The van der Waals surface area contributed by atoms with E-state index in [9.17, 15) is 0 Å². The van der Waals surface area contributed by atoms with Crippen molar-refractivity contribution >= 4 is 33.2 Å². The Balaban J connectivity index is 2.04. The van der Waals surface area contributed by atoms with Crippen molar-refractivity contribution in [1.29, 1.82) is 0 Å². The lowest BCUT2D eigenvalue weighted by atomic mass is 10.2. The summed E-state index contributed by atoms with van der Waals surface area (Å²) < 4.78 is 1.09. The zero-order valence-corrected chi connectivity index (χ0v) is 11.8. The molecule has 0 spiro atoms. The number of halogens is 2. The molecular formula is C14H13BrClN. The first kappa shape index (κ1) is 12.5. The Morgan fingerprint density at radius 3 is 2.47 bits per heavy atom. The van der Waals surface area contributed by atoms with Crippen LogP contribution < -0.4 is 5.32 Å². The van der Waals surface area contributed by atoms with Crippen molar-refractivity contribution in [3.05, 3.63) is 63.1 Å². The van der Waals surface area contributed by atoms with Crippen LogP contribution in [0.2, 0.25) is 5.02 Å². The van der Waals surface area contributed by atoms with Gasteiger partial charge in [-0.2, -0.15) is 0 Å². The van der Waals surface area contributed by atoms with Gasteiger partial charge in [-0.25, -0.2) is 0 Å². The van der Waals surface area contributed by atoms with Crippen LogP contribution in [0.5, 0.6) is 0 Å². The van der Waals surface area contributed by atoms with Gasteiger partial charge in [0.1, 0.15) is 0 Å². The molecule has 0 bridgehead atoms. The van der Waals surface area contributed by atoms with Gasteiger partial charge in [0.2, 0.25) is 0 Å². The van der Waals surface area contributed by atoms with Crippen LogP contribution in [0.15, 0.2) is 46.9 Å². The Kier molecular flexibility index (Phi) is 4.08. The normalized spacial score (nSPS) is 10.3. The van der Waals surface area contributed by atoms with Gasteiger partial charge >= 0.3 is 0 Å². The standard InChI is InChI=1S/C14H13BrClN/c1-10-6-12(15)8-14(7-10)17-9-11-2-4-13(16)5-3-11/h2-8,17H,9H2,1H3. The third kappa shape index (κ3) is 3.76. The van der Waals surface area contributed by atoms with E-state index in [1.807, 2.05) is 24.3 Å². The number of hydrogen-bond acceptors (Lipinski definition) is 1. The van der Waals surface area contributed by atoms with Crippen molar-refractivity contribution in [2.75, 3.05) is 5.32 Å². The molecule has 0 aromatic heterocycles. The lowest BCUT2D eigenvalue weighted by molar-refractivity contribution is 1.15. The minimum atomic E-state index is 0.770. The van der Waals surface area contributed by atoms with Crippen LogP contribution in [0.25, 0.3) is 0 Å². The molecule has 0 saturated heterocycles. The van der Waals surface area contributed by atoms with E-state index in [0.29, 0.717) is 0 Å². The molecule has 0 heterocycles. The van der Waals surface area contributed by atoms with Gasteiger partial charge in [-0.1, -0.05) is 39.7 Å². The monoisotopic (exact) mass is 309 g/mol. The van der Waals surface area contributed by atoms with Gasteiger partial charge in [-0.15, -0.1) is 0 Å². The Morgan fingerprint density at radius 2 is 1.82 bits per heavy atom. The second-order valence-corrected chi connectivity index (χ2v) is 5.35. The van der Waals surface area contributed by atoms with Crippen LogP contribution in [-0.2, 0) is 6.54 Å². The fourth-order valence-electron chi connectivity index (χ4n) is 1.64. The average Bonchev–Trinajstić information content (AvgIpc) is 2.27. The number of anilines is 1. The SMILES string of the molecule is Cc1cc(Br)cc(NCc2ccc(Cl)cc2)c1. The topological polar surface area (TPSA) is 12.0 Å². The van der Waals surface area contributed by atoms with Crippen molar-refractivity contribution in [1.82, 2.24) is 0 Å². The number of benzene rings is 2. The molecule has 0 saturated carbocycles. The maximum atomic E-state index is 5.84. The lowest BCUT2D eigenvalue weighted by Crippen LogP contribution is -1.99. The first-order valence-electron chi connectivity index (χ1n) is 5.39. The highest BCUT2D eigenvalue weighted by Crippen LogP contribution is 2.20. The van der Waals surface area contributed by atoms with E-state index >= 15 is 0 Å². The van der Waals surface area contributed by atoms with Gasteiger partial charge in [-0.05, 0) is 48.4 Å². The molecule has 2 aromatic rings. The van der Waals surface area contributed by atoms with Crippen LogP contribution in [0.3, 0.4) is 0 Å². The molecule has 0 amide bonds. The fourth-order valence-corrected chi connectivity index (χ4v) is 2.38. The Hall–Kier alpha value is -0.990. The quantitative estimate of drug-likeness (QED) is 0.839. The zero-order chi connectivity index (χ0) is 12.3. The second kappa shape index (κ2) is 5.56. The summed E-state index contributed by atoms with van der Waals surface area (Å²) in [4.78, 5) is 0. The Bertz CT molecular complexity index is 488. The first-order chi connectivity index (χ1) is 8.13. The highest BCUT2D eigenvalue weighted by molar-refractivity contribution is 9.10. The predicted octanol–water partition coefficient (Wildman–Crippen LogP) is 5.02. The smallest absolute Gasteiger partial charge is 0.0406 e. The molecule has 0 atom stereocenters. The van der Waals surface area contributed by atoms with Gasteiger partial charge in [0.25, 0.3) is 0 Å². The summed E-state index contributed by atoms with van der Waals surface area (Å²) in [5, 5.41) is 4.16. The van der Waals surface area contributed by atoms with Crippen LogP contribution in [0.1, 0.15) is 11.1 Å². The molecule has 0 aliphatic heterocycles. The van der Waals surface area contributed by atoms with E-state index < -0.39 is 0 Å². The maximum Gasteiger partial charge on any atom is 0.0406 e. The third-order valence-corrected chi connectivity index (χ3v) is 3.16. The van der Waals surface area contributed by atoms with E-state index in [1.165, 1.54) is 11.1 Å². The van der Waals surface area contributed by atoms with Crippen molar-refractivity contribution < 1.29 is 0 Å². The summed E-state index contributed by atoms with van der Waals surface area (Å²) in [6.07, 6.45) is 0. The minimum absolute atomic E-state index is 0.770. The summed E-state index contributed by atoms with van der Waals surface area (Å²) >= 11 is 9.34. The molecular weight excluding hydrogens is 298 g/mol. The van der Waals surface area contributed by atoms with Crippen LogP contribution in [0.4, 0.5) is 5.69 Å². The summed E-state index contributed by atoms with van der Waals surface area (Å²) in [6.45, 7) is 2.88. The van der Waals surface area contributed by atoms with Gasteiger partial charge < -0.3 is 5.32 Å². The van der Waals surface area contributed by atoms with Gasteiger partial charge in [-0.3, -0.25) is 0 Å². The van der Waals surface area contributed by atoms with Gasteiger partial charge in [0.05, 0.1) is 0 Å². The number of nitrogens with one attached hydrogen (secondary N) is 1. The molecule has 2 rings (SSSR count). The summed E-state index contributed by atoms with van der Waals surface area (Å²) in [5.74, 6) is 0. The van der Waals surface area contributed by atoms with Crippen LogP contribution >= 0.6 is 27.5 Å². The maximum absolute atomic E-state index is 5.84. The van der Waals surface area contributed by atoms with E-state index in [4.69, 9.17) is 11.6 Å². The molecule has 0 radical (unpaired) electrons. The van der Waals surface area contributed by atoms with Crippen LogP contribution in [0, 0.1) is 6.92 Å². The Labute approximate surface area is 115 Å². The molecule has 2 aromatic carbocycles. The lowest BCUT2D eigenvalue weighted by Gasteiger charge is -2.08. The van der Waals surface area contributed by atoms with E-state index in [2.05, 4.69) is 46.4 Å². The summed E-state index contributed by atoms with van der Waals surface area (Å²) in [7, 11) is 0. The predicted molar refractivity (Wildman–Crippen MR) is 77.7 cm³/mol. The molecule has 88 valence electrons. The number of rotatable bonds is 3. The van der Waals surface area contributed by atoms with Gasteiger partial charge in [0, 0.05) is 21.7 Å². The zero-order valence-electron chi connectivity index (χ0n) is 9.50. The molecule has 0 fully saturated rings. The third-order valence-electron chi connectivity index (χ3n) is 2.45. The fraction of sp³-hybridized carbons (Fsp3) is 0.143.